The molecule has 29 heavy (non-hydrogen) atoms. The fourth-order valence-electron chi connectivity index (χ4n) is 3.58. The maximum absolute atomic E-state index is 12.8. The van der Waals surface area contributed by atoms with Gasteiger partial charge >= 0.3 is 0 Å². The SMILES string of the molecule is O=C(N[C@@H](Cc1ccccc1)C(=O)NCCCOC1CCCCC1)c1cccs1. The molecule has 1 aromatic heterocycles. The Bertz CT molecular complexity index is 743. The van der Waals surface area contributed by atoms with E-state index in [0.717, 1.165) is 24.8 Å². The number of carbonyl (C=O) groups is 2. The van der Waals surface area contributed by atoms with Gasteiger partial charge in [0.15, 0.2) is 0 Å². The second kappa shape index (κ2) is 11.7. The van der Waals surface area contributed by atoms with Crippen molar-refractivity contribution in [3.8, 4) is 0 Å². The zero-order valence-corrected chi connectivity index (χ0v) is 17.6. The summed E-state index contributed by atoms with van der Waals surface area (Å²) in [6.07, 6.45) is 7.76. The maximum atomic E-state index is 12.8. The average molecular weight is 415 g/mol. The minimum Gasteiger partial charge on any atom is -0.378 e. The van der Waals surface area contributed by atoms with Crippen LogP contribution in [0.3, 0.4) is 0 Å². The Hall–Kier alpha value is -2.18. The van der Waals surface area contributed by atoms with Gasteiger partial charge < -0.3 is 15.4 Å². The second-order valence-electron chi connectivity index (χ2n) is 7.47. The molecule has 2 N–H and O–H groups in total. The van der Waals surface area contributed by atoms with Crippen LogP contribution in [0, 0.1) is 0 Å². The van der Waals surface area contributed by atoms with Crippen LogP contribution in [0.25, 0.3) is 0 Å². The third kappa shape index (κ3) is 7.29. The van der Waals surface area contributed by atoms with Crippen molar-refractivity contribution in [3.05, 3.63) is 58.3 Å². The largest absolute Gasteiger partial charge is 0.378 e. The van der Waals surface area contributed by atoms with Crippen LogP contribution in [0.5, 0.6) is 0 Å². The van der Waals surface area contributed by atoms with Crippen molar-refractivity contribution in [1.29, 1.82) is 0 Å². The van der Waals surface area contributed by atoms with E-state index >= 15 is 0 Å². The molecule has 1 aliphatic rings. The number of thiophene rings is 1. The van der Waals surface area contributed by atoms with Gasteiger partial charge in [0.1, 0.15) is 6.04 Å². The first-order chi connectivity index (χ1) is 14.2. The summed E-state index contributed by atoms with van der Waals surface area (Å²) in [6, 6.07) is 12.7. The van der Waals surface area contributed by atoms with Gasteiger partial charge in [-0.15, -0.1) is 11.3 Å². The topological polar surface area (TPSA) is 67.4 Å². The summed E-state index contributed by atoms with van der Waals surface area (Å²) < 4.78 is 5.91. The van der Waals surface area contributed by atoms with Crippen LogP contribution in [-0.4, -0.2) is 37.1 Å². The van der Waals surface area contributed by atoms with Crippen LogP contribution in [0.1, 0.15) is 53.8 Å². The van der Waals surface area contributed by atoms with Gasteiger partial charge in [-0.05, 0) is 36.3 Å². The highest BCUT2D eigenvalue weighted by molar-refractivity contribution is 7.12. The molecule has 5 nitrogen and oxygen atoms in total. The fourth-order valence-corrected chi connectivity index (χ4v) is 4.21. The molecule has 0 saturated heterocycles. The Kier molecular flexibility index (Phi) is 8.71. The summed E-state index contributed by atoms with van der Waals surface area (Å²) in [7, 11) is 0. The van der Waals surface area contributed by atoms with Crippen molar-refractivity contribution in [2.24, 2.45) is 0 Å². The molecule has 6 heteroatoms. The van der Waals surface area contributed by atoms with Gasteiger partial charge in [0, 0.05) is 19.6 Å². The van der Waals surface area contributed by atoms with Crippen LogP contribution >= 0.6 is 11.3 Å². The predicted molar refractivity (Wildman–Crippen MR) is 116 cm³/mol. The van der Waals surface area contributed by atoms with Gasteiger partial charge in [-0.1, -0.05) is 55.7 Å². The second-order valence-corrected chi connectivity index (χ2v) is 8.42. The van der Waals surface area contributed by atoms with Crippen LogP contribution in [0.2, 0.25) is 0 Å². The minimum atomic E-state index is -0.605. The normalized spacial score (nSPS) is 15.6. The number of hydrogen-bond acceptors (Lipinski definition) is 4. The van der Waals surface area contributed by atoms with Crippen LogP contribution in [0.4, 0.5) is 0 Å². The summed E-state index contributed by atoms with van der Waals surface area (Å²) in [5.74, 6) is -0.367. The molecule has 3 rings (SSSR count). The van der Waals surface area contributed by atoms with Gasteiger partial charge in [0.2, 0.25) is 5.91 Å². The molecular weight excluding hydrogens is 384 g/mol. The molecule has 1 heterocycles. The summed E-state index contributed by atoms with van der Waals surface area (Å²) in [6.45, 7) is 1.21. The highest BCUT2D eigenvalue weighted by Gasteiger charge is 2.22. The molecule has 156 valence electrons. The zero-order chi connectivity index (χ0) is 20.3. The number of hydrogen-bond donors (Lipinski definition) is 2. The Labute approximate surface area is 176 Å². The van der Waals surface area contributed by atoms with Crippen molar-refractivity contribution < 1.29 is 14.3 Å². The van der Waals surface area contributed by atoms with Gasteiger partial charge in [-0.2, -0.15) is 0 Å². The summed E-state index contributed by atoms with van der Waals surface area (Å²) in [5.41, 5.74) is 1.01. The van der Waals surface area contributed by atoms with Crippen molar-refractivity contribution in [3.63, 3.8) is 0 Å². The zero-order valence-electron chi connectivity index (χ0n) is 16.8. The molecular formula is C23H30N2O3S. The number of carbonyl (C=O) groups excluding carboxylic acids is 2. The van der Waals surface area contributed by atoms with Crippen LogP contribution < -0.4 is 10.6 Å². The molecule has 0 bridgehead atoms. The van der Waals surface area contributed by atoms with Crippen molar-refractivity contribution >= 4 is 23.2 Å². The lowest BCUT2D eigenvalue weighted by atomic mass is 9.98. The van der Waals surface area contributed by atoms with Crippen molar-refractivity contribution in [2.75, 3.05) is 13.2 Å². The Morgan fingerprint density at radius 2 is 1.86 bits per heavy atom. The van der Waals surface area contributed by atoms with Gasteiger partial charge in [-0.3, -0.25) is 9.59 Å². The lowest BCUT2D eigenvalue weighted by molar-refractivity contribution is -0.123. The first-order valence-electron chi connectivity index (χ1n) is 10.5. The molecule has 1 aliphatic carbocycles. The van der Waals surface area contributed by atoms with E-state index in [1.165, 1.54) is 30.6 Å². The highest BCUT2D eigenvalue weighted by Crippen LogP contribution is 2.20. The van der Waals surface area contributed by atoms with E-state index in [1.54, 1.807) is 6.07 Å². The van der Waals surface area contributed by atoms with Gasteiger partial charge in [0.25, 0.3) is 5.91 Å². The molecule has 0 spiro atoms. The van der Waals surface area contributed by atoms with Crippen LogP contribution in [-0.2, 0) is 16.0 Å². The average Bonchev–Trinajstić information content (AvgIpc) is 3.29. The molecule has 2 amide bonds. The number of rotatable bonds is 10. The van der Waals surface area contributed by atoms with E-state index in [2.05, 4.69) is 10.6 Å². The van der Waals surface area contributed by atoms with E-state index in [0.29, 0.717) is 30.6 Å². The molecule has 1 fully saturated rings. The number of ether oxygens (including phenoxy) is 1. The first-order valence-corrected chi connectivity index (χ1v) is 11.4. The Balaban J connectivity index is 1.47. The summed E-state index contributed by atoms with van der Waals surface area (Å²) in [4.78, 5) is 25.8. The van der Waals surface area contributed by atoms with Crippen molar-refractivity contribution in [1.82, 2.24) is 10.6 Å². The fraction of sp³-hybridized carbons (Fsp3) is 0.478. The number of benzene rings is 1. The quantitative estimate of drug-likeness (QED) is 0.579. The number of amides is 2. The van der Waals surface area contributed by atoms with E-state index in [-0.39, 0.29) is 11.8 Å². The minimum absolute atomic E-state index is 0.156. The first kappa shape index (κ1) is 21.5. The van der Waals surface area contributed by atoms with E-state index in [4.69, 9.17) is 4.74 Å². The van der Waals surface area contributed by atoms with E-state index < -0.39 is 6.04 Å². The Morgan fingerprint density at radius 3 is 2.59 bits per heavy atom. The predicted octanol–water partition coefficient (Wildman–Crippen LogP) is 3.94. The molecule has 0 radical (unpaired) electrons. The Morgan fingerprint density at radius 1 is 1.07 bits per heavy atom. The lowest BCUT2D eigenvalue weighted by Gasteiger charge is -2.22. The smallest absolute Gasteiger partial charge is 0.262 e. The maximum Gasteiger partial charge on any atom is 0.262 e. The van der Waals surface area contributed by atoms with E-state index in [9.17, 15) is 9.59 Å². The van der Waals surface area contributed by atoms with Gasteiger partial charge in [0.05, 0.1) is 11.0 Å². The van der Waals surface area contributed by atoms with E-state index in [1.807, 2.05) is 41.8 Å². The van der Waals surface area contributed by atoms with Crippen LogP contribution in [0.15, 0.2) is 47.8 Å². The molecule has 1 atom stereocenters. The molecule has 0 unspecified atom stereocenters. The third-order valence-corrected chi connectivity index (χ3v) is 6.04. The van der Waals surface area contributed by atoms with Gasteiger partial charge in [-0.25, -0.2) is 0 Å². The lowest BCUT2D eigenvalue weighted by Crippen LogP contribution is -2.48. The number of nitrogens with one attached hydrogen (secondary N) is 2. The van der Waals surface area contributed by atoms with Crippen molar-refractivity contribution in [2.45, 2.75) is 57.1 Å². The standard InChI is InChI=1S/C23H30N2O3S/c26-22(24-14-8-15-28-19-11-5-2-6-12-19)20(17-18-9-3-1-4-10-18)25-23(27)21-13-7-16-29-21/h1,3-4,7,9-10,13,16,19-20H,2,5-6,8,11-12,14-15,17H2,(H,24,26)(H,25,27)/t20-/m0/s1. The summed E-state index contributed by atoms with van der Waals surface area (Å²) >= 11 is 1.37. The molecule has 1 saturated carbocycles. The highest BCUT2D eigenvalue weighted by atomic mass is 32.1. The molecule has 1 aromatic carbocycles. The third-order valence-electron chi connectivity index (χ3n) is 5.18. The molecule has 0 aliphatic heterocycles. The monoisotopic (exact) mass is 414 g/mol. The summed E-state index contributed by atoms with van der Waals surface area (Å²) in [5, 5.41) is 7.70. The molecule has 2 aromatic rings.